The summed E-state index contributed by atoms with van der Waals surface area (Å²) in [6, 6.07) is 11.8. The minimum Gasteiger partial charge on any atom is -0.457 e. The maximum absolute atomic E-state index is 5.88. The number of benzene rings is 2. The molecule has 0 aromatic heterocycles. The molecule has 0 fully saturated rings. The van der Waals surface area contributed by atoms with Gasteiger partial charge in [0.25, 0.3) is 0 Å². The molecular formula is C15H15Br2NO. The van der Waals surface area contributed by atoms with Gasteiger partial charge in [0.1, 0.15) is 11.5 Å². The molecule has 1 atom stereocenters. The zero-order chi connectivity index (χ0) is 14.0. The molecule has 0 aliphatic rings. The average molecular weight is 385 g/mol. The first-order valence-corrected chi connectivity index (χ1v) is 7.55. The van der Waals surface area contributed by atoms with E-state index < -0.39 is 0 Å². The number of ether oxygens (including phenoxy) is 1. The largest absolute Gasteiger partial charge is 0.457 e. The van der Waals surface area contributed by atoms with Crippen molar-refractivity contribution < 1.29 is 4.74 Å². The van der Waals surface area contributed by atoms with Crippen molar-refractivity contribution in [1.29, 1.82) is 0 Å². The normalized spacial score (nSPS) is 12.3. The quantitative estimate of drug-likeness (QED) is 0.775. The van der Waals surface area contributed by atoms with Gasteiger partial charge >= 0.3 is 0 Å². The van der Waals surface area contributed by atoms with Crippen LogP contribution in [-0.4, -0.2) is 0 Å². The van der Waals surface area contributed by atoms with Crippen molar-refractivity contribution in [2.24, 2.45) is 5.73 Å². The average Bonchev–Trinajstić information content (AvgIpc) is 2.33. The Labute approximate surface area is 130 Å². The second-order valence-corrected chi connectivity index (χ2v) is 6.19. The number of aryl methyl sites for hydroxylation is 1. The van der Waals surface area contributed by atoms with E-state index in [2.05, 4.69) is 31.9 Å². The lowest BCUT2D eigenvalue weighted by Gasteiger charge is -2.12. The first kappa shape index (κ1) is 14.6. The molecule has 0 aliphatic carbocycles. The van der Waals surface area contributed by atoms with Gasteiger partial charge in [-0.3, -0.25) is 0 Å². The SMILES string of the molecule is Cc1cc(Oc2ccc(C(C)N)c(Br)c2)ccc1Br. The van der Waals surface area contributed by atoms with Crippen molar-refractivity contribution in [3.8, 4) is 11.5 Å². The van der Waals surface area contributed by atoms with Gasteiger partial charge in [-0.1, -0.05) is 37.9 Å². The molecule has 2 aromatic carbocycles. The molecule has 100 valence electrons. The molecule has 0 radical (unpaired) electrons. The fraction of sp³-hybridized carbons (Fsp3) is 0.200. The Morgan fingerprint density at radius 1 is 1.00 bits per heavy atom. The van der Waals surface area contributed by atoms with Gasteiger partial charge in [0, 0.05) is 15.0 Å². The summed E-state index contributed by atoms with van der Waals surface area (Å²) < 4.78 is 7.88. The highest BCUT2D eigenvalue weighted by atomic mass is 79.9. The molecule has 0 aliphatic heterocycles. The summed E-state index contributed by atoms with van der Waals surface area (Å²) in [4.78, 5) is 0. The van der Waals surface area contributed by atoms with Crippen LogP contribution in [0.25, 0.3) is 0 Å². The van der Waals surface area contributed by atoms with Gasteiger partial charge in [-0.15, -0.1) is 0 Å². The molecule has 0 amide bonds. The van der Waals surface area contributed by atoms with E-state index >= 15 is 0 Å². The number of nitrogens with two attached hydrogens (primary N) is 1. The predicted molar refractivity (Wildman–Crippen MR) is 85.7 cm³/mol. The molecule has 2 nitrogen and oxygen atoms in total. The van der Waals surface area contributed by atoms with Gasteiger partial charge in [-0.25, -0.2) is 0 Å². The van der Waals surface area contributed by atoms with Crippen LogP contribution in [0.1, 0.15) is 24.1 Å². The molecule has 0 saturated carbocycles. The van der Waals surface area contributed by atoms with Crippen LogP contribution in [0.2, 0.25) is 0 Å². The fourth-order valence-corrected chi connectivity index (χ4v) is 2.72. The van der Waals surface area contributed by atoms with E-state index in [4.69, 9.17) is 10.5 Å². The molecule has 2 rings (SSSR count). The summed E-state index contributed by atoms with van der Waals surface area (Å²) in [7, 11) is 0. The predicted octanol–water partition coefficient (Wildman–Crippen LogP) is 5.33. The maximum Gasteiger partial charge on any atom is 0.128 e. The number of hydrogen-bond acceptors (Lipinski definition) is 2. The summed E-state index contributed by atoms with van der Waals surface area (Å²) >= 11 is 6.99. The number of hydrogen-bond donors (Lipinski definition) is 1. The minimum absolute atomic E-state index is 0.00153. The second kappa shape index (κ2) is 6.07. The Morgan fingerprint density at radius 2 is 1.63 bits per heavy atom. The highest BCUT2D eigenvalue weighted by Gasteiger charge is 2.07. The van der Waals surface area contributed by atoms with Crippen molar-refractivity contribution in [2.45, 2.75) is 19.9 Å². The Bertz CT molecular complexity index is 597. The third-order valence-corrected chi connectivity index (χ3v) is 4.40. The van der Waals surface area contributed by atoms with Gasteiger partial charge in [0.05, 0.1) is 0 Å². The third-order valence-electron chi connectivity index (χ3n) is 2.83. The molecule has 0 saturated heterocycles. The van der Waals surface area contributed by atoms with Gasteiger partial charge in [0.15, 0.2) is 0 Å². The lowest BCUT2D eigenvalue weighted by atomic mass is 10.1. The Balaban J connectivity index is 2.24. The summed E-state index contributed by atoms with van der Waals surface area (Å²) in [5, 5.41) is 0. The molecular weight excluding hydrogens is 370 g/mol. The maximum atomic E-state index is 5.88. The first-order chi connectivity index (χ1) is 8.97. The van der Waals surface area contributed by atoms with Crippen LogP contribution >= 0.6 is 31.9 Å². The van der Waals surface area contributed by atoms with Gasteiger partial charge < -0.3 is 10.5 Å². The van der Waals surface area contributed by atoms with E-state index in [1.165, 1.54) is 0 Å². The Morgan fingerprint density at radius 3 is 2.21 bits per heavy atom. The minimum atomic E-state index is -0.00153. The third kappa shape index (κ3) is 3.59. The number of halogens is 2. The van der Waals surface area contributed by atoms with Crippen LogP contribution in [-0.2, 0) is 0 Å². The van der Waals surface area contributed by atoms with Crippen LogP contribution in [0.5, 0.6) is 11.5 Å². The van der Waals surface area contributed by atoms with E-state index in [9.17, 15) is 0 Å². The van der Waals surface area contributed by atoms with E-state index in [-0.39, 0.29) is 6.04 Å². The second-order valence-electron chi connectivity index (χ2n) is 4.49. The van der Waals surface area contributed by atoms with Crippen molar-refractivity contribution in [3.63, 3.8) is 0 Å². The van der Waals surface area contributed by atoms with E-state index in [1.54, 1.807) is 0 Å². The summed E-state index contributed by atoms with van der Waals surface area (Å²) in [6.07, 6.45) is 0. The molecule has 0 bridgehead atoms. The van der Waals surface area contributed by atoms with Gasteiger partial charge in [-0.05, 0) is 55.3 Å². The summed E-state index contributed by atoms with van der Waals surface area (Å²) in [5.41, 5.74) is 8.09. The van der Waals surface area contributed by atoms with Crippen LogP contribution in [0.3, 0.4) is 0 Å². The highest BCUT2D eigenvalue weighted by Crippen LogP contribution is 2.30. The number of rotatable bonds is 3. The van der Waals surface area contributed by atoms with E-state index in [1.807, 2.05) is 50.2 Å². The van der Waals surface area contributed by atoms with Crippen molar-refractivity contribution in [1.82, 2.24) is 0 Å². The lowest BCUT2D eigenvalue weighted by molar-refractivity contribution is 0.481. The fourth-order valence-electron chi connectivity index (χ4n) is 1.76. The van der Waals surface area contributed by atoms with Crippen LogP contribution in [0, 0.1) is 6.92 Å². The monoisotopic (exact) mass is 383 g/mol. The van der Waals surface area contributed by atoms with Crippen molar-refractivity contribution in [3.05, 3.63) is 56.5 Å². The Kier molecular flexibility index (Phi) is 4.66. The molecule has 4 heteroatoms. The molecule has 1 unspecified atom stereocenters. The van der Waals surface area contributed by atoms with Crippen molar-refractivity contribution in [2.75, 3.05) is 0 Å². The van der Waals surface area contributed by atoms with Gasteiger partial charge in [0.2, 0.25) is 0 Å². The highest BCUT2D eigenvalue weighted by molar-refractivity contribution is 9.10. The van der Waals surface area contributed by atoms with E-state index in [0.717, 1.165) is 31.6 Å². The topological polar surface area (TPSA) is 35.2 Å². The van der Waals surface area contributed by atoms with Crippen molar-refractivity contribution >= 4 is 31.9 Å². The Hall–Kier alpha value is -0.840. The standard InChI is InChI=1S/C15H15Br2NO/c1-9-7-11(4-6-14(9)16)19-12-3-5-13(10(2)18)15(17)8-12/h3-8,10H,18H2,1-2H3. The molecule has 2 aromatic rings. The van der Waals surface area contributed by atoms with E-state index in [0.29, 0.717) is 0 Å². The zero-order valence-corrected chi connectivity index (χ0v) is 14.0. The lowest BCUT2D eigenvalue weighted by Crippen LogP contribution is -2.05. The summed E-state index contributed by atoms with van der Waals surface area (Å²) in [5.74, 6) is 1.61. The van der Waals surface area contributed by atoms with Gasteiger partial charge in [-0.2, -0.15) is 0 Å². The van der Waals surface area contributed by atoms with Crippen LogP contribution in [0.4, 0.5) is 0 Å². The van der Waals surface area contributed by atoms with Crippen LogP contribution < -0.4 is 10.5 Å². The zero-order valence-electron chi connectivity index (χ0n) is 10.8. The smallest absolute Gasteiger partial charge is 0.128 e. The molecule has 19 heavy (non-hydrogen) atoms. The summed E-state index contributed by atoms with van der Waals surface area (Å²) in [6.45, 7) is 3.99. The van der Waals surface area contributed by atoms with Crippen LogP contribution in [0.15, 0.2) is 45.3 Å². The molecule has 2 N–H and O–H groups in total. The molecule has 0 spiro atoms. The first-order valence-electron chi connectivity index (χ1n) is 5.96. The molecule has 0 heterocycles.